The van der Waals surface area contributed by atoms with Crippen LogP contribution in [0.5, 0.6) is 0 Å². The molecule has 0 saturated carbocycles. The van der Waals surface area contributed by atoms with Crippen molar-refractivity contribution >= 4 is 35.0 Å². The Labute approximate surface area is 130 Å². The molecule has 0 aliphatic rings. The average molecular weight is 311 g/mol. The molecule has 0 bridgehead atoms. The maximum Gasteiger partial charge on any atom is 0.242 e. The Morgan fingerprint density at radius 3 is 2.65 bits per heavy atom. The lowest BCUT2D eigenvalue weighted by atomic mass is 10.3. The SMILES string of the molecule is CCNC(=O)[C@H](C)NC(=S)NCCSc1ccccc1. The van der Waals surface area contributed by atoms with Crippen molar-refractivity contribution in [2.45, 2.75) is 24.8 Å². The van der Waals surface area contributed by atoms with Gasteiger partial charge in [-0.1, -0.05) is 18.2 Å². The lowest BCUT2D eigenvalue weighted by Crippen LogP contribution is -2.48. The van der Waals surface area contributed by atoms with E-state index in [1.54, 1.807) is 18.7 Å². The Bertz CT molecular complexity index is 426. The zero-order valence-electron chi connectivity index (χ0n) is 11.8. The highest BCUT2D eigenvalue weighted by atomic mass is 32.2. The molecule has 3 N–H and O–H groups in total. The first-order valence-corrected chi connectivity index (χ1v) is 8.02. The normalized spacial score (nSPS) is 11.5. The van der Waals surface area contributed by atoms with Gasteiger partial charge in [-0.15, -0.1) is 11.8 Å². The molecule has 0 fully saturated rings. The minimum atomic E-state index is -0.322. The largest absolute Gasteiger partial charge is 0.362 e. The van der Waals surface area contributed by atoms with Crippen LogP contribution in [0.4, 0.5) is 0 Å². The second-order valence-electron chi connectivity index (χ2n) is 4.18. The number of rotatable bonds is 7. The van der Waals surface area contributed by atoms with Gasteiger partial charge in [0.15, 0.2) is 5.11 Å². The zero-order chi connectivity index (χ0) is 14.8. The maximum absolute atomic E-state index is 11.5. The Hall–Kier alpha value is -1.27. The summed E-state index contributed by atoms with van der Waals surface area (Å²) in [5.74, 6) is 0.872. The summed E-state index contributed by atoms with van der Waals surface area (Å²) in [5, 5.41) is 9.32. The molecule has 0 unspecified atom stereocenters. The summed E-state index contributed by atoms with van der Waals surface area (Å²) in [6.07, 6.45) is 0. The number of thiocarbonyl (C=S) groups is 1. The molecule has 0 aliphatic carbocycles. The first-order valence-electron chi connectivity index (χ1n) is 6.63. The van der Waals surface area contributed by atoms with Crippen LogP contribution in [0.15, 0.2) is 35.2 Å². The Kier molecular flexibility index (Phi) is 8.06. The third-order valence-electron chi connectivity index (χ3n) is 2.49. The summed E-state index contributed by atoms with van der Waals surface area (Å²) in [7, 11) is 0. The molecule has 1 atom stereocenters. The highest BCUT2D eigenvalue weighted by molar-refractivity contribution is 7.99. The van der Waals surface area contributed by atoms with Gasteiger partial charge in [-0.05, 0) is 38.2 Å². The summed E-state index contributed by atoms with van der Waals surface area (Å²) in [6.45, 7) is 5.06. The van der Waals surface area contributed by atoms with Crippen LogP contribution >= 0.6 is 24.0 Å². The Morgan fingerprint density at radius 2 is 2.00 bits per heavy atom. The van der Waals surface area contributed by atoms with Crippen LogP contribution in [0, 0.1) is 0 Å². The molecule has 1 aromatic rings. The number of benzene rings is 1. The Balaban J connectivity index is 2.15. The highest BCUT2D eigenvalue weighted by Gasteiger charge is 2.11. The van der Waals surface area contributed by atoms with Crippen LogP contribution in [-0.4, -0.2) is 35.9 Å². The summed E-state index contributed by atoms with van der Waals surface area (Å²) in [6, 6.07) is 9.89. The molecule has 4 nitrogen and oxygen atoms in total. The number of amides is 1. The first kappa shape index (κ1) is 16.8. The molecular formula is C14H21N3OS2. The van der Waals surface area contributed by atoms with Crippen molar-refractivity contribution in [3.8, 4) is 0 Å². The molecule has 6 heteroatoms. The molecule has 0 spiro atoms. The fraction of sp³-hybridized carbons (Fsp3) is 0.429. The van der Waals surface area contributed by atoms with Gasteiger partial charge in [0.1, 0.15) is 6.04 Å². The van der Waals surface area contributed by atoms with Crippen molar-refractivity contribution < 1.29 is 4.79 Å². The number of thioether (sulfide) groups is 1. The van der Waals surface area contributed by atoms with Crippen LogP contribution < -0.4 is 16.0 Å². The second-order valence-corrected chi connectivity index (χ2v) is 5.75. The third kappa shape index (κ3) is 6.77. The van der Waals surface area contributed by atoms with E-state index in [2.05, 4.69) is 28.1 Å². The predicted molar refractivity (Wildman–Crippen MR) is 89.0 cm³/mol. The van der Waals surface area contributed by atoms with E-state index >= 15 is 0 Å². The molecule has 0 aliphatic heterocycles. The number of nitrogens with one attached hydrogen (secondary N) is 3. The van der Waals surface area contributed by atoms with Crippen LogP contribution in [-0.2, 0) is 4.79 Å². The van der Waals surface area contributed by atoms with E-state index in [4.69, 9.17) is 12.2 Å². The molecule has 1 amide bonds. The van der Waals surface area contributed by atoms with Crippen LogP contribution in [0.2, 0.25) is 0 Å². The van der Waals surface area contributed by atoms with Gasteiger partial charge in [0.05, 0.1) is 0 Å². The van der Waals surface area contributed by atoms with Crippen LogP contribution in [0.1, 0.15) is 13.8 Å². The van der Waals surface area contributed by atoms with Gasteiger partial charge in [-0.25, -0.2) is 0 Å². The fourth-order valence-electron chi connectivity index (χ4n) is 1.49. The van der Waals surface area contributed by atoms with Gasteiger partial charge >= 0.3 is 0 Å². The van der Waals surface area contributed by atoms with E-state index in [9.17, 15) is 4.79 Å². The van der Waals surface area contributed by atoms with E-state index in [0.717, 1.165) is 12.3 Å². The monoisotopic (exact) mass is 311 g/mol. The maximum atomic E-state index is 11.5. The zero-order valence-corrected chi connectivity index (χ0v) is 13.4. The third-order valence-corrected chi connectivity index (χ3v) is 3.77. The van der Waals surface area contributed by atoms with E-state index in [0.29, 0.717) is 11.7 Å². The quantitative estimate of drug-likeness (QED) is 0.407. The van der Waals surface area contributed by atoms with Gasteiger partial charge in [0.2, 0.25) is 5.91 Å². The van der Waals surface area contributed by atoms with Crippen molar-refractivity contribution in [1.82, 2.24) is 16.0 Å². The lowest BCUT2D eigenvalue weighted by Gasteiger charge is -2.16. The van der Waals surface area contributed by atoms with Gasteiger partial charge in [0.25, 0.3) is 0 Å². The van der Waals surface area contributed by atoms with Crippen molar-refractivity contribution in [3.63, 3.8) is 0 Å². The van der Waals surface area contributed by atoms with Crippen LogP contribution in [0.3, 0.4) is 0 Å². The average Bonchev–Trinajstić information content (AvgIpc) is 2.45. The number of hydrogen-bond acceptors (Lipinski definition) is 3. The number of carbonyl (C=O) groups is 1. The molecule has 110 valence electrons. The van der Waals surface area contributed by atoms with E-state index in [1.165, 1.54) is 4.90 Å². The summed E-state index contributed by atoms with van der Waals surface area (Å²) in [5.41, 5.74) is 0. The van der Waals surface area contributed by atoms with Gasteiger partial charge in [-0.2, -0.15) is 0 Å². The highest BCUT2D eigenvalue weighted by Crippen LogP contribution is 2.15. The van der Waals surface area contributed by atoms with E-state index in [1.807, 2.05) is 25.1 Å². The van der Waals surface area contributed by atoms with Gasteiger partial charge in [0, 0.05) is 23.7 Å². The number of likely N-dealkylation sites (N-methyl/N-ethyl adjacent to an activating group) is 1. The molecule has 0 aromatic heterocycles. The molecule has 1 aromatic carbocycles. The van der Waals surface area contributed by atoms with Crippen molar-refractivity contribution in [1.29, 1.82) is 0 Å². The Morgan fingerprint density at radius 1 is 1.30 bits per heavy atom. The first-order chi connectivity index (χ1) is 9.63. The topological polar surface area (TPSA) is 53.2 Å². The minimum Gasteiger partial charge on any atom is -0.362 e. The molecule has 0 saturated heterocycles. The van der Waals surface area contributed by atoms with E-state index < -0.39 is 0 Å². The minimum absolute atomic E-state index is 0.0460. The summed E-state index contributed by atoms with van der Waals surface area (Å²) >= 11 is 6.92. The molecule has 20 heavy (non-hydrogen) atoms. The van der Waals surface area contributed by atoms with Gasteiger partial charge in [-0.3, -0.25) is 4.79 Å². The molecule has 1 rings (SSSR count). The smallest absolute Gasteiger partial charge is 0.242 e. The molecule has 0 heterocycles. The van der Waals surface area contributed by atoms with Crippen molar-refractivity contribution in [3.05, 3.63) is 30.3 Å². The summed E-state index contributed by atoms with van der Waals surface area (Å²) < 4.78 is 0. The lowest BCUT2D eigenvalue weighted by molar-refractivity contribution is -0.122. The predicted octanol–water partition coefficient (Wildman–Crippen LogP) is 1.77. The number of carbonyl (C=O) groups excluding carboxylic acids is 1. The van der Waals surface area contributed by atoms with E-state index in [-0.39, 0.29) is 11.9 Å². The standard InChI is InChI=1S/C14H21N3OS2/c1-3-15-13(18)11(2)17-14(19)16-9-10-20-12-7-5-4-6-8-12/h4-8,11H,3,9-10H2,1-2H3,(H,15,18)(H2,16,17,19)/t11-/m0/s1. The molecular weight excluding hydrogens is 290 g/mol. The van der Waals surface area contributed by atoms with Crippen molar-refractivity contribution in [2.75, 3.05) is 18.8 Å². The van der Waals surface area contributed by atoms with Gasteiger partial charge < -0.3 is 16.0 Å². The second kappa shape index (κ2) is 9.61. The number of hydrogen-bond donors (Lipinski definition) is 3. The van der Waals surface area contributed by atoms with Crippen molar-refractivity contribution in [2.24, 2.45) is 0 Å². The van der Waals surface area contributed by atoms with Crippen LogP contribution in [0.25, 0.3) is 0 Å². The molecule has 0 radical (unpaired) electrons. The fourth-order valence-corrected chi connectivity index (χ4v) is 2.56. The summed E-state index contributed by atoms with van der Waals surface area (Å²) in [4.78, 5) is 12.8.